The predicted octanol–water partition coefficient (Wildman–Crippen LogP) is 4.10. The SMILES string of the molecule is C=CCOc1ccc(C(=O)O)c(-c2ccc(OC(=O)C(=C)C)cc2)c1. The summed E-state index contributed by atoms with van der Waals surface area (Å²) in [7, 11) is 0. The summed E-state index contributed by atoms with van der Waals surface area (Å²) in [5.41, 5.74) is 1.62. The summed E-state index contributed by atoms with van der Waals surface area (Å²) < 4.78 is 10.6. The molecule has 2 rings (SSSR count). The molecule has 0 radical (unpaired) electrons. The molecule has 0 aliphatic heterocycles. The number of carbonyl (C=O) groups is 2. The van der Waals surface area contributed by atoms with Crippen molar-refractivity contribution in [3.63, 3.8) is 0 Å². The summed E-state index contributed by atoms with van der Waals surface area (Å²) >= 11 is 0. The molecule has 0 aliphatic carbocycles. The van der Waals surface area contributed by atoms with Gasteiger partial charge in [-0.2, -0.15) is 0 Å². The number of aromatic carboxylic acids is 1. The number of rotatable bonds is 7. The molecule has 0 aromatic heterocycles. The second-order valence-corrected chi connectivity index (χ2v) is 5.31. The van der Waals surface area contributed by atoms with Crippen LogP contribution in [-0.2, 0) is 4.79 Å². The maximum Gasteiger partial charge on any atom is 0.338 e. The van der Waals surface area contributed by atoms with Crippen molar-refractivity contribution >= 4 is 11.9 Å². The molecule has 0 saturated carbocycles. The van der Waals surface area contributed by atoms with Crippen molar-refractivity contribution in [3.05, 3.63) is 72.8 Å². The van der Waals surface area contributed by atoms with E-state index in [0.717, 1.165) is 0 Å². The minimum atomic E-state index is -1.04. The Hall–Kier alpha value is -3.34. The molecule has 5 nitrogen and oxygen atoms in total. The van der Waals surface area contributed by atoms with Gasteiger partial charge in [-0.05, 0) is 48.4 Å². The van der Waals surface area contributed by atoms with Crippen LogP contribution in [0.1, 0.15) is 17.3 Å². The molecule has 0 saturated heterocycles. The Bertz CT molecular complexity index is 818. The molecule has 1 N–H and O–H groups in total. The second kappa shape index (κ2) is 7.97. The van der Waals surface area contributed by atoms with Gasteiger partial charge >= 0.3 is 11.9 Å². The molecule has 0 aliphatic rings. The van der Waals surface area contributed by atoms with Gasteiger partial charge in [0.05, 0.1) is 5.56 Å². The van der Waals surface area contributed by atoms with Crippen LogP contribution in [0.2, 0.25) is 0 Å². The summed E-state index contributed by atoms with van der Waals surface area (Å²) in [4.78, 5) is 23.0. The standard InChI is InChI=1S/C20H18O5/c1-4-11-24-16-9-10-17(19(21)22)18(12-16)14-5-7-15(8-6-14)25-20(23)13(2)3/h4-10,12H,1-2,11H2,3H3,(H,21,22). The number of hydrogen-bond donors (Lipinski definition) is 1. The number of ether oxygens (including phenoxy) is 2. The zero-order chi connectivity index (χ0) is 18.4. The molecule has 0 spiro atoms. The lowest BCUT2D eigenvalue weighted by molar-refractivity contribution is -0.130. The van der Waals surface area contributed by atoms with Crippen molar-refractivity contribution < 1.29 is 24.2 Å². The number of hydrogen-bond acceptors (Lipinski definition) is 4. The lowest BCUT2D eigenvalue weighted by atomic mass is 9.99. The van der Waals surface area contributed by atoms with Gasteiger partial charge in [0.1, 0.15) is 18.1 Å². The molecule has 0 amide bonds. The van der Waals surface area contributed by atoms with E-state index < -0.39 is 11.9 Å². The van der Waals surface area contributed by atoms with E-state index in [0.29, 0.717) is 34.8 Å². The maximum atomic E-state index is 11.5. The van der Waals surface area contributed by atoms with Crippen molar-refractivity contribution in [1.29, 1.82) is 0 Å². The van der Waals surface area contributed by atoms with Crippen molar-refractivity contribution in [2.24, 2.45) is 0 Å². The van der Waals surface area contributed by atoms with E-state index >= 15 is 0 Å². The Balaban J connectivity index is 2.35. The van der Waals surface area contributed by atoms with Crippen molar-refractivity contribution in [2.75, 3.05) is 6.61 Å². The lowest BCUT2D eigenvalue weighted by Gasteiger charge is -2.11. The highest BCUT2D eigenvalue weighted by Crippen LogP contribution is 2.30. The van der Waals surface area contributed by atoms with Crippen molar-refractivity contribution in [1.82, 2.24) is 0 Å². The minimum absolute atomic E-state index is 0.151. The molecule has 0 bridgehead atoms. The molecule has 0 fully saturated rings. The van der Waals surface area contributed by atoms with Gasteiger partial charge in [0, 0.05) is 5.57 Å². The Morgan fingerprint density at radius 1 is 1.12 bits per heavy atom. The molecule has 2 aromatic carbocycles. The van der Waals surface area contributed by atoms with Crippen LogP contribution in [0.3, 0.4) is 0 Å². The summed E-state index contributed by atoms with van der Waals surface area (Å²) in [5.74, 6) is -0.660. The third-order valence-corrected chi connectivity index (χ3v) is 3.31. The van der Waals surface area contributed by atoms with E-state index in [1.54, 1.807) is 49.4 Å². The average Bonchev–Trinajstić information content (AvgIpc) is 2.60. The van der Waals surface area contributed by atoms with Crippen molar-refractivity contribution in [3.8, 4) is 22.6 Å². The topological polar surface area (TPSA) is 72.8 Å². The fourth-order valence-corrected chi connectivity index (χ4v) is 2.09. The number of carbonyl (C=O) groups excluding carboxylic acids is 1. The normalized spacial score (nSPS) is 9.96. The first-order valence-electron chi connectivity index (χ1n) is 7.51. The van der Waals surface area contributed by atoms with Crippen LogP contribution in [0.15, 0.2) is 67.3 Å². The maximum absolute atomic E-state index is 11.5. The van der Waals surface area contributed by atoms with E-state index in [1.165, 1.54) is 6.07 Å². The van der Waals surface area contributed by atoms with E-state index in [4.69, 9.17) is 9.47 Å². The Kier molecular flexibility index (Phi) is 5.74. The van der Waals surface area contributed by atoms with Crippen LogP contribution in [0.25, 0.3) is 11.1 Å². The third-order valence-electron chi connectivity index (χ3n) is 3.31. The summed E-state index contributed by atoms with van der Waals surface area (Å²) in [5, 5.41) is 9.39. The highest BCUT2D eigenvalue weighted by atomic mass is 16.5. The lowest BCUT2D eigenvalue weighted by Crippen LogP contribution is -2.08. The highest BCUT2D eigenvalue weighted by Gasteiger charge is 2.14. The summed E-state index contributed by atoms with van der Waals surface area (Å²) in [6.07, 6.45) is 1.61. The van der Waals surface area contributed by atoms with Gasteiger partial charge in [-0.15, -0.1) is 0 Å². The number of carboxylic acid groups (broad SMARTS) is 1. The average molecular weight is 338 g/mol. The zero-order valence-corrected chi connectivity index (χ0v) is 13.8. The first-order valence-corrected chi connectivity index (χ1v) is 7.51. The van der Waals surface area contributed by atoms with Crippen LogP contribution in [0, 0.1) is 0 Å². The number of carboxylic acids is 1. The molecule has 0 unspecified atom stereocenters. The molecule has 0 heterocycles. The third kappa shape index (κ3) is 4.57. The van der Waals surface area contributed by atoms with Gasteiger partial charge in [0.25, 0.3) is 0 Å². The smallest absolute Gasteiger partial charge is 0.338 e. The highest BCUT2D eigenvalue weighted by molar-refractivity contribution is 5.96. The molecule has 128 valence electrons. The fraction of sp³-hybridized carbons (Fsp3) is 0.100. The molecular formula is C20H18O5. The van der Waals surface area contributed by atoms with Crippen LogP contribution in [0.4, 0.5) is 0 Å². The van der Waals surface area contributed by atoms with Gasteiger partial charge in [0.15, 0.2) is 0 Å². The largest absolute Gasteiger partial charge is 0.490 e. The van der Waals surface area contributed by atoms with Crippen LogP contribution >= 0.6 is 0 Å². The summed E-state index contributed by atoms with van der Waals surface area (Å²) in [6.45, 7) is 8.98. The van der Waals surface area contributed by atoms with Gasteiger partial charge in [-0.3, -0.25) is 0 Å². The first kappa shape index (κ1) is 18.0. The van der Waals surface area contributed by atoms with E-state index in [2.05, 4.69) is 13.2 Å². The molecule has 2 aromatic rings. The monoisotopic (exact) mass is 338 g/mol. The van der Waals surface area contributed by atoms with E-state index in [9.17, 15) is 14.7 Å². The van der Waals surface area contributed by atoms with Crippen LogP contribution in [0.5, 0.6) is 11.5 Å². The molecule has 0 atom stereocenters. The predicted molar refractivity (Wildman–Crippen MR) is 95.0 cm³/mol. The molecular weight excluding hydrogens is 320 g/mol. The summed E-state index contributed by atoms with van der Waals surface area (Å²) in [6, 6.07) is 11.3. The van der Waals surface area contributed by atoms with E-state index in [-0.39, 0.29) is 5.56 Å². The number of esters is 1. The Morgan fingerprint density at radius 2 is 1.76 bits per heavy atom. The Labute approximate surface area is 145 Å². The van der Waals surface area contributed by atoms with Gasteiger partial charge in [-0.1, -0.05) is 31.4 Å². The van der Waals surface area contributed by atoms with Gasteiger partial charge < -0.3 is 14.6 Å². The zero-order valence-electron chi connectivity index (χ0n) is 13.8. The molecule has 5 heteroatoms. The van der Waals surface area contributed by atoms with E-state index in [1.807, 2.05) is 0 Å². The first-order chi connectivity index (χ1) is 11.9. The molecule has 25 heavy (non-hydrogen) atoms. The van der Waals surface area contributed by atoms with Gasteiger partial charge in [0.2, 0.25) is 0 Å². The quantitative estimate of drug-likeness (QED) is 0.356. The van der Waals surface area contributed by atoms with Crippen molar-refractivity contribution in [2.45, 2.75) is 6.92 Å². The van der Waals surface area contributed by atoms with Gasteiger partial charge in [-0.25, -0.2) is 9.59 Å². The number of benzene rings is 2. The van der Waals surface area contributed by atoms with Crippen LogP contribution in [-0.4, -0.2) is 23.7 Å². The minimum Gasteiger partial charge on any atom is -0.490 e. The second-order valence-electron chi connectivity index (χ2n) is 5.31. The van der Waals surface area contributed by atoms with Crippen LogP contribution < -0.4 is 9.47 Å². The fourth-order valence-electron chi connectivity index (χ4n) is 2.09. The Morgan fingerprint density at radius 3 is 2.32 bits per heavy atom.